The maximum absolute atomic E-state index is 10.8. The molecule has 0 radical (unpaired) electrons. The van der Waals surface area contributed by atoms with E-state index >= 15 is 0 Å². The number of carbonyl (C=O) groups excluding carboxylic acids is 1. The normalized spacial score (nSPS) is 12.2. The van der Waals surface area contributed by atoms with Crippen molar-refractivity contribution in [2.45, 2.75) is 19.4 Å². The average molecular weight is 286 g/mol. The van der Waals surface area contributed by atoms with Gasteiger partial charge in [-0.05, 0) is 30.7 Å². The van der Waals surface area contributed by atoms with Gasteiger partial charge in [-0.15, -0.1) is 0 Å². The minimum absolute atomic E-state index is 0.119. The van der Waals surface area contributed by atoms with Gasteiger partial charge in [-0.25, -0.2) is 0 Å². The van der Waals surface area contributed by atoms with Gasteiger partial charge in [-0.2, -0.15) is 0 Å². The van der Waals surface area contributed by atoms with Crippen LogP contribution in [0.25, 0.3) is 0 Å². The monoisotopic (exact) mass is 285 g/mol. The zero-order chi connectivity index (χ0) is 12.1. The van der Waals surface area contributed by atoms with Crippen LogP contribution in [0.3, 0.4) is 0 Å². The van der Waals surface area contributed by atoms with Crippen molar-refractivity contribution >= 4 is 27.5 Å². The quantitative estimate of drug-likeness (QED) is 0.764. The van der Waals surface area contributed by atoms with E-state index in [9.17, 15) is 4.79 Å². The number of hydrogen-bond acceptors (Lipinski definition) is 3. The summed E-state index contributed by atoms with van der Waals surface area (Å²) >= 11 is 3.41. The fourth-order valence-corrected chi connectivity index (χ4v) is 2.10. The van der Waals surface area contributed by atoms with E-state index in [1.165, 1.54) is 0 Å². The third-order valence-electron chi connectivity index (χ3n) is 2.15. The third-order valence-corrected chi connectivity index (χ3v) is 2.60. The van der Waals surface area contributed by atoms with Crippen molar-refractivity contribution in [1.82, 2.24) is 0 Å². The van der Waals surface area contributed by atoms with E-state index in [2.05, 4.69) is 21.2 Å². The van der Waals surface area contributed by atoms with Gasteiger partial charge < -0.3 is 16.8 Å². The molecular weight excluding hydrogens is 270 g/mol. The lowest BCUT2D eigenvalue weighted by molar-refractivity contribution is -0.118. The molecule has 0 aliphatic heterocycles. The summed E-state index contributed by atoms with van der Waals surface area (Å²) in [6.45, 7) is 2.37. The summed E-state index contributed by atoms with van der Waals surface area (Å²) in [7, 11) is 0. The Morgan fingerprint density at radius 2 is 2.19 bits per heavy atom. The van der Waals surface area contributed by atoms with Gasteiger partial charge >= 0.3 is 0 Å². The van der Waals surface area contributed by atoms with E-state index < -0.39 is 0 Å². The Bertz CT molecular complexity index is 361. The first kappa shape index (κ1) is 13.0. The van der Waals surface area contributed by atoms with Crippen LogP contribution in [0.5, 0.6) is 0 Å². The Hall–Kier alpha value is -1.07. The van der Waals surface area contributed by atoms with Crippen LogP contribution in [0.2, 0.25) is 0 Å². The van der Waals surface area contributed by atoms with Gasteiger partial charge in [0.2, 0.25) is 5.91 Å². The molecule has 0 bridgehead atoms. The molecule has 0 spiro atoms. The Labute approximate surface area is 104 Å². The van der Waals surface area contributed by atoms with Gasteiger partial charge in [-0.1, -0.05) is 15.9 Å². The molecule has 1 aromatic rings. The number of halogens is 1. The molecule has 1 rings (SSSR count). The Kier molecular flexibility index (Phi) is 4.76. The van der Waals surface area contributed by atoms with Crippen LogP contribution in [-0.4, -0.2) is 18.5 Å². The molecule has 0 heterocycles. The fourth-order valence-electron chi connectivity index (χ4n) is 1.49. The second kappa shape index (κ2) is 5.86. The van der Waals surface area contributed by atoms with Crippen LogP contribution >= 0.6 is 15.9 Å². The molecule has 1 amide bonds. The first-order chi connectivity index (χ1) is 7.51. The highest BCUT2D eigenvalue weighted by molar-refractivity contribution is 9.10. The maximum atomic E-state index is 10.8. The van der Waals surface area contributed by atoms with Gasteiger partial charge in [0.25, 0.3) is 0 Å². The molecule has 0 saturated heterocycles. The molecule has 0 aliphatic carbocycles. The summed E-state index contributed by atoms with van der Waals surface area (Å²) in [5, 5.41) is 3.19. The molecule has 16 heavy (non-hydrogen) atoms. The number of amides is 1. The number of carbonyl (C=O) groups is 1. The molecule has 1 aromatic carbocycles. The predicted octanol–water partition coefficient (Wildman–Crippen LogP) is 1.37. The molecule has 0 saturated carbocycles. The minimum atomic E-state index is -0.352. The zero-order valence-corrected chi connectivity index (χ0v) is 10.8. The van der Waals surface area contributed by atoms with Crippen molar-refractivity contribution in [2.75, 3.05) is 11.9 Å². The summed E-state index contributed by atoms with van der Waals surface area (Å²) in [5.74, 6) is -0.352. The lowest BCUT2D eigenvalue weighted by Crippen LogP contribution is -2.33. The number of rotatable bonds is 5. The van der Waals surface area contributed by atoms with Crippen LogP contribution in [0.1, 0.15) is 12.0 Å². The lowest BCUT2D eigenvalue weighted by atomic mass is 10.1. The van der Waals surface area contributed by atoms with Crippen molar-refractivity contribution in [1.29, 1.82) is 0 Å². The molecular formula is C11H16BrN3O. The van der Waals surface area contributed by atoms with Crippen LogP contribution in [0.4, 0.5) is 5.69 Å². The number of benzene rings is 1. The van der Waals surface area contributed by atoms with E-state index in [0.717, 1.165) is 15.7 Å². The van der Waals surface area contributed by atoms with E-state index in [4.69, 9.17) is 11.5 Å². The number of primary amides is 1. The summed E-state index contributed by atoms with van der Waals surface area (Å²) < 4.78 is 0.991. The number of aryl methyl sites for hydroxylation is 1. The fraction of sp³-hybridized carbons (Fsp3) is 0.364. The second-order valence-corrected chi connectivity index (χ2v) is 4.68. The molecule has 0 aliphatic rings. The average Bonchev–Trinajstić information content (AvgIpc) is 2.14. The standard InChI is InChI=1S/C11H16BrN3O/c1-7-2-8(12)4-9(3-7)15-10(6-13)5-11(14)16/h2-4,10,15H,5-6,13H2,1H3,(H2,14,16). The number of anilines is 1. The highest BCUT2D eigenvalue weighted by Crippen LogP contribution is 2.19. The van der Waals surface area contributed by atoms with Crippen molar-refractivity contribution in [2.24, 2.45) is 11.5 Å². The van der Waals surface area contributed by atoms with E-state index in [1.54, 1.807) is 0 Å². The van der Waals surface area contributed by atoms with Crippen LogP contribution < -0.4 is 16.8 Å². The van der Waals surface area contributed by atoms with E-state index in [1.807, 2.05) is 25.1 Å². The summed E-state index contributed by atoms with van der Waals surface area (Å²) in [6, 6.07) is 5.83. The van der Waals surface area contributed by atoms with Crippen molar-refractivity contribution in [3.63, 3.8) is 0 Å². The van der Waals surface area contributed by atoms with Gasteiger partial charge in [0.05, 0.1) is 0 Å². The highest BCUT2D eigenvalue weighted by atomic mass is 79.9. The summed E-state index contributed by atoms with van der Waals surface area (Å²) in [5.41, 5.74) is 12.8. The smallest absolute Gasteiger partial charge is 0.219 e. The van der Waals surface area contributed by atoms with Crippen molar-refractivity contribution in [3.8, 4) is 0 Å². The molecule has 0 aromatic heterocycles. The Morgan fingerprint density at radius 1 is 1.50 bits per heavy atom. The first-order valence-corrected chi connectivity index (χ1v) is 5.82. The number of nitrogens with one attached hydrogen (secondary N) is 1. The number of nitrogens with two attached hydrogens (primary N) is 2. The van der Waals surface area contributed by atoms with Crippen LogP contribution in [0.15, 0.2) is 22.7 Å². The molecule has 0 fully saturated rings. The van der Waals surface area contributed by atoms with Gasteiger partial charge in [-0.3, -0.25) is 4.79 Å². The minimum Gasteiger partial charge on any atom is -0.380 e. The van der Waals surface area contributed by atoms with Crippen LogP contribution in [0, 0.1) is 6.92 Å². The SMILES string of the molecule is Cc1cc(Br)cc(NC(CN)CC(N)=O)c1. The third kappa shape index (κ3) is 4.20. The van der Waals surface area contributed by atoms with Crippen molar-refractivity contribution < 1.29 is 4.79 Å². The molecule has 1 atom stereocenters. The molecule has 5 N–H and O–H groups in total. The maximum Gasteiger partial charge on any atom is 0.219 e. The first-order valence-electron chi connectivity index (χ1n) is 5.03. The Balaban J connectivity index is 2.73. The highest BCUT2D eigenvalue weighted by Gasteiger charge is 2.10. The topological polar surface area (TPSA) is 81.1 Å². The largest absolute Gasteiger partial charge is 0.380 e. The predicted molar refractivity (Wildman–Crippen MR) is 69.2 cm³/mol. The summed E-state index contributed by atoms with van der Waals surface area (Å²) in [6.07, 6.45) is 0.238. The summed E-state index contributed by atoms with van der Waals surface area (Å²) in [4.78, 5) is 10.8. The van der Waals surface area contributed by atoms with Gasteiger partial charge in [0.15, 0.2) is 0 Å². The van der Waals surface area contributed by atoms with E-state index in [0.29, 0.717) is 6.54 Å². The molecule has 4 nitrogen and oxygen atoms in total. The van der Waals surface area contributed by atoms with Gasteiger partial charge in [0, 0.05) is 29.2 Å². The van der Waals surface area contributed by atoms with Crippen molar-refractivity contribution in [3.05, 3.63) is 28.2 Å². The lowest BCUT2D eigenvalue weighted by Gasteiger charge is -2.17. The Morgan fingerprint density at radius 3 is 2.69 bits per heavy atom. The van der Waals surface area contributed by atoms with Gasteiger partial charge in [0.1, 0.15) is 0 Å². The molecule has 1 unspecified atom stereocenters. The molecule has 5 heteroatoms. The zero-order valence-electron chi connectivity index (χ0n) is 9.16. The van der Waals surface area contributed by atoms with E-state index in [-0.39, 0.29) is 18.4 Å². The second-order valence-electron chi connectivity index (χ2n) is 3.76. The van der Waals surface area contributed by atoms with Crippen LogP contribution in [-0.2, 0) is 4.79 Å². The molecule has 88 valence electrons. The number of hydrogen-bond donors (Lipinski definition) is 3.